The first-order valence-electron chi connectivity index (χ1n) is 4.94. The zero-order chi connectivity index (χ0) is 13.1. The predicted octanol–water partition coefficient (Wildman–Crippen LogP) is 1.81. The summed E-state index contributed by atoms with van der Waals surface area (Å²) in [6.45, 7) is -0.00690. The Hall–Kier alpha value is -1.79. The number of aromatic nitrogens is 3. The summed E-state index contributed by atoms with van der Waals surface area (Å²) < 4.78 is 1.32. The molecule has 0 saturated carbocycles. The summed E-state index contributed by atoms with van der Waals surface area (Å²) in [5.41, 5.74) is 5.78. The van der Waals surface area contributed by atoms with Crippen LogP contribution in [0.25, 0.3) is 0 Å². The van der Waals surface area contributed by atoms with Gasteiger partial charge in [-0.25, -0.2) is 9.67 Å². The van der Waals surface area contributed by atoms with E-state index < -0.39 is 0 Å². The number of nitrogens with zero attached hydrogens (tertiary/aromatic N) is 3. The van der Waals surface area contributed by atoms with Crippen molar-refractivity contribution < 1.29 is 4.79 Å². The minimum absolute atomic E-state index is 0.00690. The minimum atomic E-state index is -0.302. The van der Waals surface area contributed by atoms with Gasteiger partial charge in [0.05, 0.1) is 10.7 Å². The molecule has 0 unspecified atom stereocenters. The molecule has 0 aliphatic carbocycles. The van der Waals surface area contributed by atoms with Crippen molar-refractivity contribution >= 4 is 40.7 Å². The third-order valence-corrected chi connectivity index (χ3v) is 2.63. The summed E-state index contributed by atoms with van der Waals surface area (Å²) in [5, 5.41) is 7.31. The molecule has 0 spiro atoms. The van der Waals surface area contributed by atoms with E-state index in [9.17, 15) is 4.79 Å². The van der Waals surface area contributed by atoms with E-state index in [4.69, 9.17) is 28.9 Å². The van der Waals surface area contributed by atoms with Crippen molar-refractivity contribution in [2.24, 2.45) is 0 Å². The Balaban J connectivity index is 2.05. The fraction of sp³-hybridized carbons (Fsp3) is 0.100. The van der Waals surface area contributed by atoms with E-state index in [0.29, 0.717) is 15.7 Å². The van der Waals surface area contributed by atoms with Gasteiger partial charge < -0.3 is 11.1 Å². The summed E-state index contributed by atoms with van der Waals surface area (Å²) in [6, 6.07) is 4.81. The number of carbonyl (C=O) groups excluding carboxylic acids is 1. The number of nitrogens with two attached hydrogens (primary N) is 1. The van der Waals surface area contributed by atoms with Gasteiger partial charge in [0.1, 0.15) is 12.9 Å². The summed E-state index contributed by atoms with van der Waals surface area (Å²) in [7, 11) is 0. The molecule has 1 aromatic heterocycles. The standard InChI is InChI=1S/C10H9Cl2N5O/c11-6-1-2-7(12)8(3-6)15-9(18)4-17-5-14-10(13)16-17/h1-3,5H,4H2,(H2,13,16)(H,15,18). The predicted molar refractivity (Wildman–Crippen MR) is 69.5 cm³/mol. The van der Waals surface area contributed by atoms with Crippen molar-refractivity contribution in [2.75, 3.05) is 11.1 Å². The average Bonchev–Trinajstić information content (AvgIpc) is 2.69. The molecular formula is C10H9Cl2N5O. The van der Waals surface area contributed by atoms with Crippen LogP contribution in [0.4, 0.5) is 11.6 Å². The molecule has 0 aliphatic rings. The monoisotopic (exact) mass is 285 g/mol. The van der Waals surface area contributed by atoms with Gasteiger partial charge in [0.25, 0.3) is 0 Å². The van der Waals surface area contributed by atoms with Gasteiger partial charge in [0.15, 0.2) is 0 Å². The van der Waals surface area contributed by atoms with Crippen LogP contribution in [0, 0.1) is 0 Å². The number of nitrogens with one attached hydrogen (secondary N) is 1. The fourth-order valence-corrected chi connectivity index (χ4v) is 1.65. The smallest absolute Gasteiger partial charge is 0.246 e. The summed E-state index contributed by atoms with van der Waals surface area (Å²) in [6.07, 6.45) is 1.37. The Kier molecular flexibility index (Phi) is 3.69. The van der Waals surface area contributed by atoms with Crippen LogP contribution in [0.1, 0.15) is 0 Å². The molecule has 2 aromatic rings. The van der Waals surface area contributed by atoms with Crippen LogP contribution in [0.5, 0.6) is 0 Å². The number of hydrogen-bond donors (Lipinski definition) is 2. The van der Waals surface area contributed by atoms with Gasteiger partial charge in [-0.15, -0.1) is 5.10 Å². The maximum atomic E-state index is 11.7. The van der Waals surface area contributed by atoms with Crippen molar-refractivity contribution in [3.63, 3.8) is 0 Å². The molecular weight excluding hydrogens is 277 g/mol. The molecule has 1 amide bonds. The number of benzene rings is 1. The van der Waals surface area contributed by atoms with E-state index >= 15 is 0 Å². The van der Waals surface area contributed by atoms with Crippen molar-refractivity contribution in [2.45, 2.75) is 6.54 Å². The molecule has 1 aromatic carbocycles. The maximum absolute atomic E-state index is 11.7. The molecule has 2 rings (SSSR count). The number of hydrogen-bond acceptors (Lipinski definition) is 4. The summed E-state index contributed by atoms with van der Waals surface area (Å²) in [4.78, 5) is 15.4. The quantitative estimate of drug-likeness (QED) is 0.901. The highest BCUT2D eigenvalue weighted by molar-refractivity contribution is 6.35. The lowest BCUT2D eigenvalue weighted by atomic mass is 10.3. The van der Waals surface area contributed by atoms with Gasteiger partial charge in [0.2, 0.25) is 11.9 Å². The highest BCUT2D eigenvalue weighted by atomic mass is 35.5. The molecule has 1 heterocycles. The second-order valence-electron chi connectivity index (χ2n) is 3.47. The molecule has 8 heteroatoms. The van der Waals surface area contributed by atoms with Gasteiger partial charge in [-0.3, -0.25) is 4.79 Å². The van der Waals surface area contributed by atoms with Crippen LogP contribution in [0.3, 0.4) is 0 Å². The molecule has 18 heavy (non-hydrogen) atoms. The third kappa shape index (κ3) is 3.12. The van der Waals surface area contributed by atoms with Crippen molar-refractivity contribution in [1.29, 1.82) is 0 Å². The lowest BCUT2D eigenvalue weighted by molar-refractivity contribution is -0.116. The van der Waals surface area contributed by atoms with Gasteiger partial charge in [-0.05, 0) is 18.2 Å². The number of amides is 1. The van der Waals surface area contributed by atoms with E-state index in [-0.39, 0.29) is 18.4 Å². The highest BCUT2D eigenvalue weighted by Gasteiger charge is 2.08. The number of carbonyl (C=O) groups is 1. The van der Waals surface area contributed by atoms with Crippen LogP contribution in [0.15, 0.2) is 24.5 Å². The first kappa shape index (κ1) is 12.7. The van der Waals surface area contributed by atoms with E-state index in [0.717, 1.165) is 0 Å². The Morgan fingerprint density at radius 3 is 2.89 bits per heavy atom. The van der Waals surface area contributed by atoms with Crippen LogP contribution < -0.4 is 11.1 Å². The Morgan fingerprint density at radius 2 is 2.22 bits per heavy atom. The molecule has 0 bridgehead atoms. The lowest BCUT2D eigenvalue weighted by Gasteiger charge is -2.07. The summed E-state index contributed by atoms with van der Waals surface area (Å²) in [5.74, 6) is -0.187. The largest absolute Gasteiger partial charge is 0.367 e. The van der Waals surface area contributed by atoms with E-state index in [1.54, 1.807) is 18.2 Å². The molecule has 0 saturated heterocycles. The lowest BCUT2D eigenvalue weighted by Crippen LogP contribution is -2.19. The molecule has 0 atom stereocenters. The number of rotatable bonds is 3. The van der Waals surface area contributed by atoms with Crippen molar-refractivity contribution in [3.05, 3.63) is 34.6 Å². The van der Waals surface area contributed by atoms with Crippen LogP contribution in [-0.4, -0.2) is 20.7 Å². The molecule has 0 fully saturated rings. The minimum Gasteiger partial charge on any atom is -0.367 e. The third-order valence-electron chi connectivity index (χ3n) is 2.06. The fourth-order valence-electron chi connectivity index (χ4n) is 1.32. The van der Waals surface area contributed by atoms with Crippen LogP contribution in [-0.2, 0) is 11.3 Å². The molecule has 94 valence electrons. The number of anilines is 2. The Labute approximate surface area is 113 Å². The number of halogens is 2. The molecule has 3 N–H and O–H groups in total. The van der Waals surface area contributed by atoms with Gasteiger partial charge in [0, 0.05) is 5.02 Å². The topological polar surface area (TPSA) is 85.8 Å². The molecule has 6 nitrogen and oxygen atoms in total. The SMILES string of the molecule is Nc1ncn(CC(=O)Nc2cc(Cl)ccc2Cl)n1. The molecule has 0 aliphatic heterocycles. The van der Waals surface area contributed by atoms with Crippen molar-refractivity contribution in [3.8, 4) is 0 Å². The van der Waals surface area contributed by atoms with E-state index in [1.165, 1.54) is 11.0 Å². The van der Waals surface area contributed by atoms with Gasteiger partial charge in [-0.1, -0.05) is 23.2 Å². The molecule has 0 radical (unpaired) electrons. The van der Waals surface area contributed by atoms with Crippen molar-refractivity contribution in [1.82, 2.24) is 14.8 Å². The number of nitrogen functional groups attached to an aromatic ring is 1. The average molecular weight is 286 g/mol. The van der Waals surface area contributed by atoms with E-state index in [1.807, 2.05) is 0 Å². The Bertz CT molecular complexity index is 583. The van der Waals surface area contributed by atoms with Crippen LogP contribution in [0.2, 0.25) is 10.0 Å². The second kappa shape index (κ2) is 5.24. The normalized spacial score (nSPS) is 10.3. The Morgan fingerprint density at radius 1 is 1.44 bits per heavy atom. The van der Waals surface area contributed by atoms with Crippen LogP contribution >= 0.6 is 23.2 Å². The zero-order valence-corrected chi connectivity index (χ0v) is 10.6. The van der Waals surface area contributed by atoms with E-state index in [2.05, 4.69) is 15.4 Å². The van der Waals surface area contributed by atoms with Gasteiger partial charge in [-0.2, -0.15) is 0 Å². The maximum Gasteiger partial charge on any atom is 0.246 e. The summed E-state index contributed by atoms with van der Waals surface area (Å²) >= 11 is 11.7. The first-order valence-corrected chi connectivity index (χ1v) is 5.70. The highest BCUT2D eigenvalue weighted by Crippen LogP contribution is 2.25. The second-order valence-corrected chi connectivity index (χ2v) is 4.32. The van der Waals surface area contributed by atoms with Gasteiger partial charge >= 0.3 is 0 Å². The zero-order valence-electron chi connectivity index (χ0n) is 9.10. The first-order chi connectivity index (χ1) is 8.54.